The molecule has 0 heterocycles. The summed E-state index contributed by atoms with van der Waals surface area (Å²) in [5, 5.41) is 6.38. The van der Waals surface area contributed by atoms with Gasteiger partial charge in [-0.1, -0.05) is 13.3 Å². The third kappa shape index (κ3) is 7.94. The highest BCUT2D eigenvalue weighted by Gasteiger charge is 2.06. The van der Waals surface area contributed by atoms with Gasteiger partial charge < -0.3 is 10.6 Å². The molecule has 0 aliphatic carbocycles. The Morgan fingerprint density at radius 1 is 1.38 bits per heavy atom. The van der Waals surface area contributed by atoms with E-state index in [9.17, 15) is 4.79 Å². The van der Waals surface area contributed by atoms with Crippen molar-refractivity contribution in [3.63, 3.8) is 0 Å². The lowest BCUT2D eigenvalue weighted by Crippen LogP contribution is -2.34. The van der Waals surface area contributed by atoms with Crippen molar-refractivity contribution in [2.75, 3.05) is 20.1 Å². The zero-order valence-corrected chi connectivity index (χ0v) is 9.02. The Hall–Kier alpha value is -0.410. The predicted octanol–water partition coefficient (Wildman–Crippen LogP) is 0.943. The van der Waals surface area contributed by atoms with E-state index in [-0.39, 0.29) is 5.78 Å². The average Bonchev–Trinajstić information content (AvgIpc) is 2.09. The maximum absolute atomic E-state index is 10.7. The molecule has 0 aromatic rings. The largest absolute Gasteiger partial charge is 0.320 e. The number of rotatable bonds is 8. The Bertz CT molecular complexity index is 137. The summed E-state index contributed by atoms with van der Waals surface area (Å²) in [5.41, 5.74) is 0. The van der Waals surface area contributed by atoms with Crippen molar-refractivity contribution in [1.82, 2.24) is 10.6 Å². The predicted molar refractivity (Wildman–Crippen MR) is 55.9 cm³/mol. The van der Waals surface area contributed by atoms with Gasteiger partial charge in [-0.15, -0.1) is 0 Å². The van der Waals surface area contributed by atoms with Crippen molar-refractivity contribution in [3.05, 3.63) is 0 Å². The van der Waals surface area contributed by atoms with Crippen molar-refractivity contribution >= 4 is 5.78 Å². The fourth-order valence-electron chi connectivity index (χ4n) is 1.30. The Balaban J connectivity index is 3.59. The van der Waals surface area contributed by atoms with Crippen molar-refractivity contribution in [1.29, 1.82) is 0 Å². The monoisotopic (exact) mass is 186 g/mol. The number of Topliss-reactive ketones (excluding diaryl/α,β-unsaturated/α-hetero) is 1. The molecule has 0 aliphatic heterocycles. The zero-order chi connectivity index (χ0) is 10.1. The zero-order valence-electron chi connectivity index (χ0n) is 9.02. The smallest absolute Gasteiger partial charge is 0.143 e. The summed E-state index contributed by atoms with van der Waals surface area (Å²) in [7, 11) is 1.95. The number of hydrogen-bond donors (Lipinski definition) is 2. The molecule has 3 heteroatoms. The molecule has 0 spiro atoms. The van der Waals surface area contributed by atoms with Crippen LogP contribution in [0, 0.1) is 0 Å². The van der Waals surface area contributed by atoms with Crippen LogP contribution in [0.25, 0.3) is 0 Å². The molecule has 0 aromatic heterocycles. The van der Waals surface area contributed by atoms with Gasteiger partial charge in [0.25, 0.3) is 0 Å². The van der Waals surface area contributed by atoms with Gasteiger partial charge in [0.1, 0.15) is 5.78 Å². The molecule has 0 saturated heterocycles. The lowest BCUT2D eigenvalue weighted by Gasteiger charge is -2.16. The SMILES string of the molecule is CCCC(CCNC)NCC(C)=O. The molecular formula is C10H22N2O. The standard InChI is InChI=1S/C10H22N2O/c1-4-5-10(6-7-11-3)12-8-9(2)13/h10-12H,4-8H2,1-3H3. The Morgan fingerprint density at radius 2 is 2.08 bits per heavy atom. The molecule has 1 unspecified atom stereocenters. The van der Waals surface area contributed by atoms with E-state index in [0.717, 1.165) is 19.4 Å². The van der Waals surface area contributed by atoms with Crippen LogP contribution in [0.15, 0.2) is 0 Å². The minimum absolute atomic E-state index is 0.213. The molecule has 3 nitrogen and oxygen atoms in total. The third-order valence-electron chi connectivity index (χ3n) is 2.02. The van der Waals surface area contributed by atoms with Crippen LogP contribution in [-0.4, -0.2) is 32.0 Å². The van der Waals surface area contributed by atoms with Gasteiger partial charge in [-0.25, -0.2) is 0 Å². The van der Waals surface area contributed by atoms with E-state index in [1.54, 1.807) is 6.92 Å². The fraction of sp³-hybridized carbons (Fsp3) is 0.900. The quantitative estimate of drug-likeness (QED) is 0.593. The van der Waals surface area contributed by atoms with Crippen molar-refractivity contribution in [2.45, 2.75) is 39.2 Å². The number of carbonyl (C=O) groups excluding carboxylic acids is 1. The lowest BCUT2D eigenvalue weighted by molar-refractivity contribution is -0.116. The minimum atomic E-state index is 0.213. The van der Waals surface area contributed by atoms with E-state index in [4.69, 9.17) is 0 Å². The first-order valence-electron chi connectivity index (χ1n) is 5.08. The third-order valence-corrected chi connectivity index (χ3v) is 2.02. The molecule has 1 atom stereocenters. The molecule has 0 amide bonds. The minimum Gasteiger partial charge on any atom is -0.320 e. The van der Waals surface area contributed by atoms with Crippen molar-refractivity contribution in [3.8, 4) is 0 Å². The molecule has 0 radical (unpaired) electrons. The van der Waals surface area contributed by atoms with E-state index in [1.165, 1.54) is 6.42 Å². The van der Waals surface area contributed by atoms with Crippen molar-refractivity contribution in [2.24, 2.45) is 0 Å². The van der Waals surface area contributed by atoms with Crippen molar-refractivity contribution < 1.29 is 4.79 Å². The summed E-state index contributed by atoms with van der Waals surface area (Å²) in [6.07, 6.45) is 3.41. The second-order valence-electron chi connectivity index (χ2n) is 3.46. The molecule has 13 heavy (non-hydrogen) atoms. The normalized spacial score (nSPS) is 12.8. The van der Waals surface area contributed by atoms with E-state index in [0.29, 0.717) is 12.6 Å². The van der Waals surface area contributed by atoms with Gasteiger partial charge in [0, 0.05) is 6.04 Å². The first kappa shape index (κ1) is 12.6. The highest BCUT2D eigenvalue weighted by atomic mass is 16.1. The molecule has 0 saturated carbocycles. The highest BCUT2D eigenvalue weighted by Crippen LogP contribution is 2.00. The average molecular weight is 186 g/mol. The van der Waals surface area contributed by atoms with Crippen LogP contribution < -0.4 is 10.6 Å². The highest BCUT2D eigenvalue weighted by molar-refractivity contribution is 5.77. The van der Waals surface area contributed by atoms with E-state index >= 15 is 0 Å². The number of ketones is 1. The Labute approximate surface area is 81.3 Å². The maximum atomic E-state index is 10.7. The lowest BCUT2D eigenvalue weighted by atomic mass is 10.1. The molecular weight excluding hydrogens is 164 g/mol. The molecule has 2 N–H and O–H groups in total. The number of carbonyl (C=O) groups is 1. The second-order valence-corrected chi connectivity index (χ2v) is 3.46. The summed E-state index contributed by atoms with van der Waals surface area (Å²) in [6.45, 7) is 5.31. The summed E-state index contributed by atoms with van der Waals surface area (Å²) >= 11 is 0. The van der Waals surface area contributed by atoms with E-state index < -0.39 is 0 Å². The van der Waals surface area contributed by atoms with Crippen LogP contribution in [0.4, 0.5) is 0 Å². The first-order chi connectivity index (χ1) is 6.20. The molecule has 0 fully saturated rings. The number of nitrogens with one attached hydrogen (secondary N) is 2. The molecule has 0 aliphatic rings. The number of hydrogen-bond acceptors (Lipinski definition) is 3. The van der Waals surface area contributed by atoms with Crippen LogP contribution in [0.2, 0.25) is 0 Å². The van der Waals surface area contributed by atoms with Crippen LogP contribution in [0.3, 0.4) is 0 Å². The summed E-state index contributed by atoms with van der Waals surface area (Å²) in [6, 6.07) is 0.487. The Morgan fingerprint density at radius 3 is 2.54 bits per heavy atom. The van der Waals surface area contributed by atoms with Crippen LogP contribution >= 0.6 is 0 Å². The van der Waals surface area contributed by atoms with Gasteiger partial charge in [-0.2, -0.15) is 0 Å². The van der Waals surface area contributed by atoms with Gasteiger partial charge in [0.05, 0.1) is 6.54 Å². The summed E-state index contributed by atoms with van der Waals surface area (Å²) in [4.78, 5) is 10.7. The van der Waals surface area contributed by atoms with E-state index in [2.05, 4.69) is 17.6 Å². The fourth-order valence-corrected chi connectivity index (χ4v) is 1.30. The van der Waals surface area contributed by atoms with E-state index in [1.807, 2.05) is 7.05 Å². The molecule has 78 valence electrons. The maximum Gasteiger partial charge on any atom is 0.143 e. The molecule has 0 bridgehead atoms. The van der Waals surface area contributed by atoms with Gasteiger partial charge in [-0.05, 0) is 33.4 Å². The van der Waals surface area contributed by atoms with Crippen LogP contribution in [-0.2, 0) is 4.79 Å². The van der Waals surface area contributed by atoms with Crippen LogP contribution in [0.5, 0.6) is 0 Å². The summed E-state index contributed by atoms with van der Waals surface area (Å²) in [5.74, 6) is 0.213. The molecule has 0 aromatic carbocycles. The van der Waals surface area contributed by atoms with Gasteiger partial charge >= 0.3 is 0 Å². The van der Waals surface area contributed by atoms with Gasteiger partial charge in [0.15, 0.2) is 0 Å². The topological polar surface area (TPSA) is 41.1 Å². The van der Waals surface area contributed by atoms with Gasteiger partial charge in [-0.3, -0.25) is 4.79 Å². The second kappa shape index (κ2) is 8.20. The first-order valence-corrected chi connectivity index (χ1v) is 5.08. The molecule has 0 rings (SSSR count). The van der Waals surface area contributed by atoms with Gasteiger partial charge in [0.2, 0.25) is 0 Å². The summed E-state index contributed by atoms with van der Waals surface area (Å²) < 4.78 is 0. The van der Waals surface area contributed by atoms with Crippen LogP contribution in [0.1, 0.15) is 33.1 Å². The Kier molecular flexibility index (Phi) is 7.94.